The Balaban J connectivity index is 2.30. The molecule has 0 bridgehead atoms. The van der Waals surface area contributed by atoms with Crippen LogP contribution in [0.5, 0.6) is 0 Å². The first-order chi connectivity index (χ1) is 9.22. The van der Waals surface area contributed by atoms with Crippen molar-refractivity contribution in [1.82, 2.24) is 4.98 Å². The fraction of sp³-hybridized carbons (Fsp3) is 0.500. The lowest BCUT2D eigenvalue weighted by Gasteiger charge is -2.20. The van der Waals surface area contributed by atoms with Gasteiger partial charge in [-0.05, 0) is 25.0 Å². The minimum atomic E-state index is -0.749. The number of H-pyrrole nitrogens is 1. The normalized spacial score (nSPS) is 19.1. The molecule has 19 heavy (non-hydrogen) atoms. The molecule has 1 atom stereocenters. The molecule has 1 saturated carbocycles. The minimum Gasteiger partial charge on any atom is -0.369 e. The molecule has 1 aliphatic carbocycles. The molecule has 5 heteroatoms. The highest BCUT2D eigenvalue weighted by Gasteiger charge is 2.24. The number of hydrogen-bond acceptors (Lipinski definition) is 3. The van der Waals surface area contributed by atoms with Crippen LogP contribution in [0.1, 0.15) is 37.8 Å². The van der Waals surface area contributed by atoms with Gasteiger partial charge in [-0.2, -0.15) is 0 Å². The number of nitrogens with one attached hydrogen (secondary N) is 2. The summed E-state index contributed by atoms with van der Waals surface area (Å²) in [6, 6.07) is 3.96. The van der Waals surface area contributed by atoms with Gasteiger partial charge in [0.15, 0.2) is 0 Å². The lowest BCUT2D eigenvalue weighted by Crippen LogP contribution is -2.33. The summed E-state index contributed by atoms with van der Waals surface area (Å²) in [6.45, 7) is 0. The molecule has 0 saturated heterocycles. The van der Waals surface area contributed by atoms with Crippen LogP contribution >= 0.6 is 0 Å². The van der Waals surface area contributed by atoms with Crippen LogP contribution in [-0.4, -0.2) is 28.9 Å². The van der Waals surface area contributed by atoms with Crippen LogP contribution < -0.4 is 5.73 Å². The molecule has 0 spiro atoms. The predicted molar refractivity (Wildman–Crippen MR) is 75.7 cm³/mol. The van der Waals surface area contributed by atoms with E-state index in [2.05, 4.69) is 4.98 Å². The third-order valence-corrected chi connectivity index (χ3v) is 3.54. The first kappa shape index (κ1) is 13.5. The minimum absolute atomic E-state index is 0.244. The summed E-state index contributed by atoms with van der Waals surface area (Å²) < 4.78 is 0. The van der Waals surface area contributed by atoms with E-state index in [1.54, 1.807) is 6.20 Å². The Bertz CT molecular complexity index is 458. The van der Waals surface area contributed by atoms with Crippen molar-refractivity contribution in [2.24, 2.45) is 16.6 Å². The van der Waals surface area contributed by atoms with Crippen LogP contribution in [0.25, 0.3) is 0 Å². The van der Waals surface area contributed by atoms with E-state index in [4.69, 9.17) is 16.1 Å². The Morgan fingerprint density at radius 1 is 1.47 bits per heavy atom. The number of carbonyl (C=O) groups excluding carboxylic acids is 1. The van der Waals surface area contributed by atoms with Gasteiger partial charge in [0.2, 0.25) is 5.91 Å². The van der Waals surface area contributed by atoms with Crippen LogP contribution in [0.3, 0.4) is 0 Å². The van der Waals surface area contributed by atoms with Crippen molar-refractivity contribution < 1.29 is 4.79 Å². The third-order valence-electron chi connectivity index (χ3n) is 3.54. The molecule has 2 rings (SSSR count). The maximum Gasteiger partial charge on any atom is 0.232 e. The van der Waals surface area contributed by atoms with E-state index in [0.717, 1.165) is 24.8 Å². The van der Waals surface area contributed by atoms with E-state index in [1.165, 1.54) is 19.3 Å². The molecule has 1 heterocycles. The van der Waals surface area contributed by atoms with Gasteiger partial charge in [0.25, 0.3) is 0 Å². The number of aliphatic imine (C=N–C) groups is 1. The van der Waals surface area contributed by atoms with Crippen LogP contribution in [0.15, 0.2) is 23.3 Å². The Morgan fingerprint density at radius 3 is 2.74 bits per heavy atom. The van der Waals surface area contributed by atoms with Crippen LogP contribution in [0.4, 0.5) is 0 Å². The van der Waals surface area contributed by atoms with Gasteiger partial charge in [0.05, 0.1) is 17.4 Å². The highest BCUT2D eigenvalue weighted by molar-refractivity contribution is 6.20. The Hall–Kier alpha value is -1.91. The van der Waals surface area contributed by atoms with Gasteiger partial charge in [-0.1, -0.05) is 19.3 Å². The van der Waals surface area contributed by atoms with Gasteiger partial charge in [-0.25, -0.2) is 0 Å². The maximum absolute atomic E-state index is 11.5. The van der Waals surface area contributed by atoms with Crippen molar-refractivity contribution in [3.63, 3.8) is 0 Å². The zero-order valence-electron chi connectivity index (χ0n) is 10.9. The molecule has 1 fully saturated rings. The zero-order valence-corrected chi connectivity index (χ0v) is 10.9. The first-order valence-electron chi connectivity index (χ1n) is 6.73. The summed E-state index contributed by atoms with van der Waals surface area (Å²) in [4.78, 5) is 19.2. The second-order valence-electron chi connectivity index (χ2n) is 4.94. The smallest absolute Gasteiger partial charge is 0.232 e. The summed E-state index contributed by atoms with van der Waals surface area (Å²) >= 11 is 0. The summed E-state index contributed by atoms with van der Waals surface area (Å²) in [5.41, 5.74) is 6.75. The second kappa shape index (κ2) is 6.31. The number of aromatic nitrogens is 1. The van der Waals surface area contributed by atoms with Crippen LogP contribution in [0, 0.1) is 11.3 Å². The number of carbonyl (C=O) groups is 1. The van der Waals surface area contributed by atoms with E-state index in [1.807, 2.05) is 12.1 Å². The van der Waals surface area contributed by atoms with E-state index in [0.29, 0.717) is 5.71 Å². The molecule has 1 aromatic rings. The summed E-state index contributed by atoms with van der Waals surface area (Å²) in [7, 11) is 0. The number of aromatic amines is 1. The number of hydrogen-bond donors (Lipinski definition) is 3. The summed E-state index contributed by atoms with van der Waals surface area (Å²) in [6.07, 6.45) is 8.57. The standard InChI is InChI=1S/C14H20N4O/c15-9-11(14(16)19)13(12-7-4-8-17-12)18-10-5-2-1-3-6-10/h4,7-11,15,17H,1-3,5-6H2,(H2,16,19). The SMILES string of the molecule is N=CC(C(N)=O)C(=NC1CCCCC1)c1ccc[nH]1. The fourth-order valence-electron chi connectivity index (χ4n) is 2.51. The van der Waals surface area contributed by atoms with Gasteiger partial charge in [-0.3, -0.25) is 9.79 Å². The van der Waals surface area contributed by atoms with E-state index in [9.17, 15) is 4.79 Å². The lowest BCUT2D eigenvalue weighted by molar-refractivity contribution is -0.118. The predicted octanol–water partition coefficient (Wildman–Crippen LogP) is 1.89. The van der Waals surface area contributed by atoms with Crippen molar-refractivity contribution in [3.8, 4) is 0 Å². The lowest BCUT2D eigenvalue weighted by atomic mass is 9.94. The van der Waals surface area contributed by atoms with Gasteiger partial charge in [0, 0.05) is 12.4 Å². The van der Waals surface area contributed by atoms with Crippen LogP contribution in [0.2, 0.25) is 0 Å². The molecule has 4 N–H and O–H groups in total. The molecule has 1 aliphatic rings. The molecule has 102 valence electrons. The summed E-state index contributed by atoms with van der Waals surface area (Å²) in [5.74, 6) is -1.28. The van der Waals surface area contributed by atoms with Crippen molar-refractivity contribution in [1.29, 1.82) is 5.41 Å². The molecular weight excluding hydrogens is 240 g/mol. The number of nitrogens with two attached hydrogens (primary N) is 1. The largest absolute Gasteiger partial charge is 0.369 e. The number of nitrogens with zero attached hydrogens (tertiary/aromatic N) is 1. The molecule has 0 aliphatic heterocycles. The number of primary amides is 1. The highest BCUT2D eigenvalue weighted by atomic mass is 16.1. The molecule has 1 aromatic heterocycles. The molecule has 1 unspecified atom stereocenters. The van der Waals surface area contributed by atoms with Crippen molar-refractivity contribution in [2.45, 2.75) is 38.1 Å². The van der Waals surface area contributed by atoms with E-state index in [-0.39, 0.29) is 6.04 Å². The van der Waals surface area contributed by atoms with Gasteiger partial charge >= 0.3 is 0 Å². The molecular formula is C14H20N4O. The fourth-order valence-corrected chi connectivity index (χ4v) is 2.51. The average molecular weight is 260 g/mol. The number of amides is 1. The highest BCUT2D eigenvalue weighted by Crippen LogP contribution is 2.22. The van der Waals surface area contributed by atoms with Crippen molar-refractivity contribution in [3.05, 3.63) is 24.0 Å². The van der Waals surface area contributed by atoms with Crippen molar-refractivity contribution >= 4 is 17.8 Å². The zero-order chi connectivity index (χ0) is 13.7. The summed E-state index contributed by atoms with van der Waals surface area (Å²) in [5, 5.41) is 7.42. The van der Waals surface area contributed by atoms with E-state index >= 15 is 0 Å². The molecule has 5 nitrogen and oxygen atoms in total. The Morgan fingerprint density at radius 2 is 2.21 bits per heavy atom. The topological polar surface area (TPSA) is 95.1 Å². The maximum atomic E-state index is 11.5. The second-order valence-corrected chi connectivity index (χ2v) is 4.94. The average Bonchev–Trinajstić information content (AvgIpc) is 2.93. The molecule has 0 radical (unpaired) electrons. The van der Waals surface area contributed by atoms with E-state index < -0.39 is 11.8 Å². The van der Waals surface area contributed by atoms with Crippen molar-refractivity contribution in [2.75, 3.05) is 0 Å². The van der Waals surface area contributed by atoms with Gasteiger partial charge < -0.3 is 16.1 Å². The Kier molecular flexibility index (Phi) is 4.49. The van der Waals surface area contributed by atoms with Gasteiger partial charge in [-0.15, -0.1) is 0 Å². The van der Waals surface area contributed by atoms with Crippen LogP contribution in [-0.2, 0) is 4.79 Å². The third kappa shape index (κ3) is 3.30. The molecule has 0 aromatic carbocycles. The Labute approximate surface area is 112 Å². The number of rotatable bonds is 5. The quantitative estimate of drug-likeness (QED) is 0.692. The molecule has 1 amide bonds. The van der Waals surface area contributed by atoms with Gasteiger partial charge in [0.1, 0.15) is 5.92 Å². The monoisotopic (exact) mass is 260 g/mol. The first-order valence-corrected chi connectivity index (χ1v) is 6.73.